The number of amides is 2. The van der Waals surface area contributed by atoms with E-state index in [1.165, 1.54) is 4.57 Å². The molecule has 0 atom stereocenters. The summed E-state index contributed by atoms with van der Waals surface area (Å²) in [6.45, 7) is 0. The van der Waals surface area contributed by atoms with Crippen LogP contribution in [0.2, 0.25) is 0 Å². The minimum absolute atomic E-state index is 0.00476. The monoisotopic (exact) mass is 332 g/mol. The van der Waals surface area contributed by atoms with E-state index in [1.807, 2.05) is 24.3 Å². The van der Waals surface area contributed by atoms with E-state index in [-0.39, 0.29) is 16.9 Å². The molecule has 2 amide bonds. The van der Waals surface area contributed by atoms with Crippen LogP contribution in [0.3, 0.4) is 0 Å². The van der Waals surface area contributed by atoms with Crippen LogP contribution in [0.4, 0.5) is 5.82 Å². The first-order valence-corrected chi connectivity index (χ1v) is 7.49. The number of para-hydroxylation sites is 1. The van der Waals surface area contributed by atoms with Crippen LogP contribution in [0.1, 0.15) is 20.7 Å². The number of benzene rings is 1. The van der Waals surface area contributed by atoms with Gasteiger partial charge in [0.15, 0.2) is 0 Å². The van der Waals surface area contributed by atoms with E-state index in [0.717, 1.165) is 17.2 Å². The third-order valence-electron chi connectivity index (χ3n) is 4.09. The summed E-state index contributed by atoms with van der Waals surface area (Å²) in [5.41, 5.74) is 7.77. The Kier molecular flexibility index (Phi) is 3.21. The summed E-state index contributed by atoms with van der Waals surface area (Å²) in [4.78, 5) is 40.4. The first kappa shape index (κ1) is 14.8. The van der Waals surface area contributed by atoms with E-state index in [0.29, 0.717) is 5.69 Å². The Bertz CT molecular complexity index is 1090. The van der Waals surface area contributed by atoms with E-state index >= 15 is 0 Å². The van der Waals surface area contributed by atoms with Gasteiger partial charge in [-0.3, -0.25) is 29.3 Å². The van der Waals surface area contributed by atoms with Crippen molar-refractivity contribution in [3.05, 3.63) is 76.3 Å². The maximum Gasteiger partial charge on any atom is 0.262 e. The lowest BCUT2D eigenvalue weighted by atomic mass is 10.0. The van der Waals surface area contributed by atoms with Crippen molar-refractivity contribution < 1.29 is 9.59 Å². The molecule has 0 aliphatic carbocycles. The zero-order valence-electron chi connectivity index (χ0n) is 12.9. The number of nitrogens with two attached hydrogens (primary N) is 1. The number of carbonyl (C=O) groups excluding carboxylic acids is 2. The number of carbonyl (C=O) groups is 2. The van der Waals surface area contributed by atoms with Crippen molar-refractivity contribution in [2.45, 2.75) is 0 Å². The molecule has 2 aromatic heterocycles. The predicted octanol–water partition coefficient (Wildman–Crippen LogP) is 1.37. The number of imide groups is 1. The molecule has 4 rings (SSSR count). The van der Waals surface area contributed by atoms with Crippen molar-refractivity contribution in [2.24, 2.45) is 0 Å². The highest BCUT2D eigenvalue weighted by Gasteiger charge is 2.32. The summed E-state index contributed by atoms with van der Waals surface area (Å²) in [6.07, 6.45) is 3.29. The Morgan fingerprint density at radius 1 is 0.920 bits per heavy atom. The first-order valence-electron chi connectivity index (χ1n) is 7.49. The number of anilines is 1. The Hall–Kier alpha value is -3.74. The van der Waals surface area contributed by atoms with Crippen molar-refractivity contribution in [2.75, 3.05) is 5.73 Å². The Morgan fingerprint density at radius 2 is 1.64 bits per heavy atom. The van der Waals surface area contributed by atoms with Crippen LogP contribution in [0.15, 0.2) is 59.7 Å². The largest absolute Gasteiger partial charge is 0.384 e. The van der Waals surface area contributed by atoms with E-state index in [2.05, 4.69) is 10.3 Å². The molecule has 0 saturated carbocycles. The third kappa shape index (κ3) is 2.21. The van der Waals surface area contributed by atoms with Crippen molar-refractivity contribution in [3.8, 4) is 16.8 Å². The van der Waals surface area contributed by atoms with Gasteiger partial charge >= 0.3 is 0 Å². The average molecular weight is 332 g/mol. The number of nitrogens with one attached hydrogen (secondary N) is 1. The third-order valence-corrected chi connectivity index (χ3v) is 4.09. The zero-order chi connectivity index (χ0) is 17.6. The Balaban J connectivity index is 2.03. The van der Waals surface area contributed by atoms with Gasteiger partial charge in [-0.1, -0.05) is 18.2 Å². The molecular formula is C18H12N4O3. The maximum absolute atomic E-state index is 12.6. The van der Waals surface area contributed by atoms with E-state index in [9.17, 15) is 14.4 Å². The summed E-state index contributed by atoms with van der Waals surface area (Å²) in [7, 11) is 0. The molecule has 0 unspecified atom stereocenters. The number of rotatable bonds is 2. The summed E-state index contributed by atoms with van der Waals surface area (Å²) in [6, 6.07) is 11.9. The molecule has 7 nitrogen and oxygen atoms in total. The van der Waals surface area contributed by atoms with Crippen LogP contribution >= 0.6 is 0 Å². The molecule has 1 aliphatic heterocycles. The number of hydrogen-bond acceptors (Lipinski definition) is 5. The molecule has 0 fully saturated rings. The molecule has 3 heterocycles. The molecule has 3 aromatic rings. The van der Waals surface area contributed by atoms with Gasteiger partial charge in [0.05, 0.1) is 16.8 Å². The van der Waals surface area contributed by atoms with Gasteiger partial charge in [-0.05, 0) is 23.8 Å². The average Bonchev–Trinajstić information content (AvgIpc) is 2.90. The quantitative estimate of drug-likeness (QED) is 0.689. The van der Waals surface area contributed by atoms with Crippen molar-refractivity contribution in [1.29, 1.82) is 0 Å². The smallest absolute Gasteiger partial charge is 0.262 e. The highest BCUT2D eigenvalue weighted by molar-refractivity contribution is 6.23. The normalized spacial score (nSPS) is 12.8. The standard InChI is InChI=1S/C18H12N4O3/c19-16-15-12(17(24)21-18(15)25)9-14(23)22(16)13-4-2-1-3-11(13)10-5-7-20-8-6-10/h1-9H,19H2,(H,21,24,25). The summed E-state index contributed by atoms with van der Waals surface area (Å²) >= 11 is 0. The van der Waals surface area contributed by atoms with Gasteiger partial charge in [-0.15, -0.1) is 0 Å². The van der Waals surface area contributed by atoms with E-state index in [4.69, 9.17) is 5.73 Å². The summed E-state index contributed by atoms with van der Waals surface area (Å²) in [5, 5.41) is 2.16. The molecule has 0 bridgehead atoms. The second-order valence-corrected chi connectivity index (χ2v) is 5.53. The fourth-order valence-electron chi connectivity index (χ4n) is 2.97. The summed E-state index contributed by atoms with van der Waals surface area (Å²) in [5.74, 6) is -1.28. The molecule has 3 N–H and O–H groups in total. The van der Waals surface area contributed by atoms with Gasteiger partial charge < -0.3 is 5.73 Å². The molecule has 25 heavy (non-hydrogen) atoms. The topological polar surface area (TPSA) is 107 Å². The number of nitrogen functional groups attached to an aromatic ring is 1. The lowest BCUT2D eigenvalue weighted by molar-refractivity contribution is 0.0880. The van der Waals surface area contributed by atoms with Gasteiger partial charge in [0.2, 0.25) is 0 Å². The van der Waals surface area contributed by atoms with Crippen LogP contribution in [-0.4, -0.2) is 21.4 Å². The van der Waals surface area contributed by atoms with Crippen LogP contribution in [0, 0.1) is 0 Å². The lowest BCUT2D eigenvalue weighted by Crippen LogP contribution is -2.24. The molecule has 0 radical (unpaired) electrons. The van der Waals surface area contributed by atoms with Gasteiger partial charge in [-0.25, -0.2) is 0 Å². The second-order valence-electron chi connectivity index (χ2n) is 5.53. The van der Waals surface area contributed by atoms with Crippen molar-refractivity contribution in [3.63, 3.8) is 0 Å². The summed E-state index contributed by atoms with van der Waals surface area (Å²) < 4.78 is 1.24. The van der Waals surface area contributed by atoms with Crippen LogP contribution in [0.5, 0.6) is 0 Å². The van der Waals surface area contributed by atoms with Gasteiger partial charge in [0.1, 0.15) is 5.82 Å². The highest BCUT2D eigenvalue weighted by atomic mass is 16.2. The van der Waals surface area contributed by atoms with Gasteiger partial charge in [0.25, 0.3) is 17.4 Å². The van der Waals surface area contributed by atoms with Gasteiger partial charge in [-0.2, -0.15) is 0 Å². The zero-order valence-corrected chi connectivity index (χ0v) is 12.9. The van der Waals surface area contributed by atoms with Crippen LogP contribution < -0.4 is 16.6 Å². The highest BCUT2D eigenvalue weighted by Crippen LogP contribution is 2.29. The molecule has 122 valence electrons. The minimum atomic E-state index is -0.613. The van der Waals surface area contributed by atoms with Crippen LogP contribution in [0.25, 0.3) is 16.8 Å². The Morgan fingerprint density at radius 3 is 2.40 bits per heavy atom. The lowest BCUT2D eigenvalue weighted by Gasteiger charge is -2.15. The fourth-order valence-corrected chi connectivity index (χ4v) is 2.97. The fraction of sp³-hybridized carbons (Fsp3) is 0. The number of hydrogen-bond donors (Lipinski definition) is 2. The molecule has 7 heteroatoms. The van der Waals surface area contributed by atoms with Crippen molar-refractivity contribution in [1.82, 2.24) is 14.9 Å². The molecule has 1 aliphatic rings. The van der Waals surface area contributed by atoms with Gasteiger partial charge in [0, 0.05) is 24.0 Å². The predicted molar refractivity (Wildman–Crippen MR) is 91.5 cm³/mol. The molecular weight excluding hydrogens is 320 g/mol. The molecule has 1 aromatic carbocycles. The minimum Gasteiger partial charge on any atom is -0.384 e. The first-order chi connectivity index (χ1) is 12.1. The second kappa shape index (κ2) is 5.41. The maximum atomic E-state index is 12.6. The molecule has 0 saturated heterocycles. The number of aromatic nitrogens is 2. The van der Waals surface area contributed by atoms with E-state index in [1.54, 1.807) is 24.5 Å². The number of pyridine rings is 2. The van der Waals surface area contributed by atoms with Crippen molar-refractivity contribution >= 4 is 17.6 Å². The number of fused-ring (bicyclic) bond motifs is 1. The molecule has 0 spiro atoms. The SMILES string of the molecule is Nc1c2c(cc(=O)n1-c1ccccc1-c1ccncc1)C(=O)NC2=O. The Labute approximate surface area is 141 Å². The van der Waals surface area contributed by atoms with E-state index < -0.39 is 17.4 Å². The van der Waals surface area contributed by atoms with Crippen LogP contribution in [-0.2, 0) is 0 Å². The number of nitrogens with zero attached hydrogens (tertiary/aromatic N) is 2.